The van der Waals surface area contributed by atoms with E-state index in [4.69, 9.17) is 21.4 Å². The largest absolute Gasteiger partial charge is 0.418 e. The normalized spacial score (nSPS) is 11.8. The Labute approximate surface area is 169 Å². The van der Waals surface area contributed by atoms with Crippen molar-refractivity contribution in [3.63, 3.8) is 0 Å². The molecular formula is C19H8ClF5N4O. The highest BCUT2D eigenvalue weighted by Gasteiger charge is 2.36. The van der Waals surface area contributed by atoms with Crippen LogP contribution < -0.4 is 0 Å². The number of nitriles is 1. The van der Waals surface area contributed by atoms with Crippen molar-refractivity contribution in [3.05, 3.63) is 70.1 Å². The van der Waals surface area contributed by atoms with Crippen LogP contribution in [0.15, 0.2) is 41.1 Å². The highest BCUT2D eigenvalue weighted by molar-refractivity contribution is 6.31. The lowest BCUT2D eigenvalue weighted by Gasteiger charge is -2.11. The summed E-state index contributed by atoms with van der Waals surface area (Å²) in [4.78, 5) is 3.92. The number of fused-ring (bicyclic) bond motifs is 1. The zero-order valence-electron chi connectivity index (χ0n) is 14.6. The van der Waals surface area contributed by atoms with Crippen LogP contribution in [0.3, 0.4) is 0 Å². The molecule has 2 heterocycles. The van der Waals surface area contributed by atoms with E-state index in [0.29, 0.717) is 0 Å². The molecule has 0 spiro atoms. The molecular weight excluding hydrogens is 431 g/mol. The predicted molar refractivity (Wildman–Crippen MR) is 95.4 cm³/mol. The third-order valence-corrected chi connectivity index (χ3v) is 4.69. The van der Waals surface area contributed by atoms with Gasteiger partial charge in [0, 0.05) is 17.1 Å². The molecule has 0 aliphatic carbocycles. The second-order valence-electron chi connectivity index (χ2n) is 6.21. The Morgan fingerprint density at radius 2 is 1.90 bits per heavy atom. The fourth-order valence-corrected chi connectivity index (χ4v) is 3.26. The second kappa shape index (κ2) is 7.11. The Hall–Kier alpha value is -3.45. The van der Waals surface area contributed by atoms with Gasteiger partial charge in [-0.25, -0.2) is 8.78 Å². The molecule has 30 heavy (non-hydrogen) atoms. The van der Waals surface area contributed by atoms with E-state index >= 15 is 0 Å². The summed E-state index contributed by atoms with van der Waals surface area (Å²) in [6.07, 6.45) is -3.37. The predicted octanol–water partition coefficient (Wildman–Crippen LogP) is 5.56. The van der Waals surface area contributed by atoms with Gasteiger partial charge in [-0.05, 0) is 30.3 Å². The first kappa shape index (κ1) is 19.8. The molecule has 0 aliphatic rings. The molecule has 0 atom stereocenters. The van der Waals surface area contributed by atoms with E-state index in [1.807, 2.05) is 0 Å². The van der Waals surface area contributed by atoms with Crippen LogP contribution in [0, 0.1) is 23.0 Å². The summed E-state index contributed by atoms with van der Waals surface area (Å²) >= 11 is 5.65. The van der Waals surface area contributed by atoms with Crippen LogP contribution in [0.25, 0.3) is 22.4 Å². The van der Waals surface area contributed by atoms with Crippen molar-refractivity contribution >= 4 is 22.5 Å². The van der Waals surface area contributed by atoms with Crippen LogP contribution in [-0.4, -0.2) is 14.7 Å². The lowest BCUT2D eigenvalue weighted by atomic mass is 10.0. The molecule has 0 N–H and O–H groups in total. The van der Waals surface area contributed by atoms with Crippen LogP contribution >= 0.6 is 11.6 Å². The molecule has 4 rings (SSSR count). The van der Waals surface area contributed by atoms with Crippen LogP contribution in [-0.2, 0) is 12.7 Å². The molecule has 0 unspecified atom stereocenters. The fourth-order valence-electron chi connectivity index (χ4n) is 3.10. The zero-order chi connectivity index (χ0) is 21.6. The maximum atomic E-state index is 14.1. The third-order valence-electron chi connectivity index (χ3n) is 4.39. The van der Waals surface area contributed by atoms with Crippen molar-refractivity contribution in [1.82, 2.24) is 14.7 Å². The summed E-state index contributed by atoms with van der Waals surface area (Å²) in [5.41, 5.74) is -1.97. The van der Waals surface area contributed by atoms with Crippen molar-refractivity contribution in [3.8, 4) is 17.5 Å². The molecule has 0 aliphatic heterocycles. The summed E-state index contributed by atoms with van der Waals surface area (Å²) in [6.45, 7) is -0.139. The molecule has 0 amide bonds. The van der Waals surface area contributed by atoms with Crippen molar-refractivity contribution < 1.29 is 26.5 Å². The Balaban J connectivity index is 1.74. The van der Waals surface area contributed by atoms with Gasteiger partial charge in [0.25, 0.3) is 5.89 Å². The lowest BCUT2D eigenvalue weighted by Crippen LogP contribution is -2.09. The SMILES string of the molecule is N#Cc1ccc2c(ccn2Cc2noc(-c3c(F)ccc(Cl)c3F)n2)c1C(F)(F)F. The minimum Gasteiger partial charge on any atom is -0.340 e. The molecule has 0 bridgehead atoms. The van der Waals surface area contributed by atoms with Crippen LogP contribution in [0.4, 0.5) is 22.0 Å². The van der Waals surface area contributed by atoms with Gasteiger partial charge in [0.2, 0.25) is 0 Å². The van der Waals surface area contributed by atoms with Gasteiger partial charge >= 0.3 is 6.18 Å². The minimum absolute atomic E-state index is 0.0285. The van der Waals surface area contributed by atoms with E-state index in [0.717, 1.165) is 18.2 Å². The molecule has 11 heteroatoms. The lowest BCUT2D eigenvalue weighted by molar-refractivity contribution is -0.136. The molecule has 0 saturated heterocycles. The zero-order valence-corrected chi connectivity index (χ0v) is 15.4. The number of rotatable bonds is 3. The van der Waals surface area contributed by atoms with E-state index in [2.05, 4.69) is 10.1 Å². The Bertz CT molecular complexity index is 1320. The minimum atomic E-state index is -4.72. The van der Waals surface area contributed by atoms with E-state index in [9.17, 15) is 22.0 Å². The summed E-state index contributed by atoms with van der Waals surface area (Å²) in [5, 5.41) is 12.1. The quantitative estimate of drug-likeness (QED) is 0.310. The molecule has 5 nitrogen and oxygen atoms in total. The second-order valence-corrected chi connectivity index (χ2v) is 6.62. The highest BCUT2D eigenvalue weighted by Crippen LogP contribution is 2.38. The van der Waals surface area contributed by atoms with E-state index in [-0.39, 0.29) is 28.3 Å². The van der Waals surface area contributed by atoms with Crippen molar-refractivity contribution in [2.75, 3.05) is 0 Å². The molecule has 2 aromatic heterocycles. The highest BCUT2D eigenvalue weighted by atomic mass is 35.5. The molecule has 2 aromatic carbocycles. The Kier molecular flexibility index (Phi) is 4.70. The van der Waals surface area contributed by atoms with Gasteiger partial charge in [-0.1, -0.05) is 16.8 Å². The van der Waals surface area contributed by atoms with Crippen molar-refractivity contribution in [1.29, 1.82) is 5.26 Å². The maximum Gasteiger partial charge on any atom is 0.418 e. The molecule has 0 radical (unpaired) electrons. The molecule has 152 valence electrons. The third kappa shape index (κ3) is 3.27. The van der Waals surface area contributed by atoms with E-state index < -0.39 is 40.4 Å². The molecule has 0 saturated carbocycles. The van der Waals surface area contributed by atoms with Gasteiger partial charge in [0.15, 0.2) is 11.6 Å². The molecule has 4 aromatic rings. The number of aromatic nitrogens is 3. The standard InChI is InChI=1S/C19H8ClF5N4O/c20-11-2-3-12(21)15(17(11)22)18-27-14(28-30-18)8-29-6-5-10-13(29)4-1-9(7-26)16(10)19(23,24)25/h1-6H,8H2. The van der Waals surface area contributed by atoms with Crippen LogP contribution in [0.5, 0.6) is 0 Å². The van der Waals surface area contributed by atoms with Gasteiger partial charge in [-0.3, -0.25) is 0 Å². The average molecular weight is 439 g/mol. The number of nitrogens with zero attached hydrogens (tertiary/aromatic N) is 4. The van der Waals surface area contributed by atoms with Crippen LogP contribution in [0.2, 0.25) is 5.02 Å². The first-order chi connectivity index (χ1) is 14.2. The number of benzene rings is 2. The average Bonchev–Trinajstić information content (AvgIpc) is 3.31. The van der Waals surface area contributed by atoms with Gasteiger partial charge in [0.05, 0.1) is 28.8 Å². The number of halogens is 6. The fraction of sp³-hybridized carbons (Fsp3) is 0.105. The van der Waals surface area contributed by atoms with Gasteiger partial charge in [-0.15, -0.1) is 0 Å². The number of hydrogen-bond donors (Lipinski definition) is 0. The number of hydrogen-bond acceptors (Lipinski definition) is 4. The first-order valence-electron chi connectivity index (χ1n) is 8.26. The summed E-state index contributed by atoms with van der Waals surface area (Å²) < 4.78 is 74.7. The summed E-state index contributed by atoms with van der Waals surface area (Å²) in [5.74, 6) is -2.52. The van der Waals surface area contributed by atoms with E-state index in [1.54, 1.807) is 0 Å². The number of alkyl halides is 3. The van der Waals surface area contributed by atoms with Crippen LogP contribution in [0.1, 0.15) is 17.0 Å². The Morgan fingerprint density at radius 1 is 1.13 bits per heavy atom. The molecule has 0 fully saturated rings. The van der Waals surface area contributed by atoms with Gasteiger partial charge in [0.1, 0.15) is 11.4 Å². The van der Waals surface area contributed by atoms with E-state index in [1.165, 1.54) is 29.0 Å². The van der Waals surface area contributed by atoms with Crippen molar-refractivity contribution in [2.45, 2.75) is 12.7 Å². The van der Waals surface area contributed by atoms with Gasteiger partial charge in [-0.2, -0.15) is 23.4 Å². The summed E-state index contributed by atoms with van der Waals surface area (Å²) in [6, 6.07) is 7.16. The topological polar surface area (TPSA) is 67.6 Å². The monoisotopic (exact) mass is 438 g/mol. The first-order valence-corrected chi connectivity index (χ1v) is 8.64. The smallest absolute Gasteiger partial charge is 0.340 e. The van der Waals surface area contributed by atoms with Gasteiger partial charge < -0.3 is 9.09 Å². The Morgan fingerprint density at radius 3 is 2.60 bits per heavy atom. The maximum absolute atomic E-state index is 14.1. The van der Waals surface area contributed by atoms with Crippen molar-refractivity contribution in [2.24, 2.45) is 0 Å². The summed E-state index contributed by atoms with van der Waals surface area (Å²) in [7, 11) is 0.